The average molecular weight is 383 g/mol. The predicted molar refractivity (Wildman–Crippen MR) is 79.7 cm³/mol. The summed E-state index contributed by atoms with van der Waals surface area (Å²) in [5.74, 6) is -1.55. The Hall–Kier alpha value is -0.480. The summed E-state index contributed by atoms with van der Waals surface area (Å²) in [6.07, 6.45) is 1.10. The molecular weight excluding hydrogens is 368 g/mol. The number of carboxylic acids is 1. The second kappa shape index (κ2) is 6.52. The lowest BCUT2D eigenvalue weighted by Gasteiger charge is -2.29. The molecule has 0 radical (unpaired) electrons. The van der Waals surface area contributed by atoms with Gasteiger partial charge in [-0.2, -0.15) is 17.4 Å². The largest absolute Gasteiger partial charge is 0.481 e. The Morgan fingerprint density at radius 1 is 1.60 bits per heavy atom. The molecular formula is C11H15BrN2O4S2. The third-order valence-corrected chi connectivity index (χ3v) is 6.34. The molecule has 2 N–H and O–H groups in total. The van der Waals surface area contributed by atoms with Crippen LogP contribution in [0.15, 0.2) is 15.9 Å². The third-order valence-electron chi connectivity index (χ3n) is 3.12. The van der Waals surface area contributed by atoms with E-state index in [0.29, 0.717) is 19.4 Å². The van der Waals surface area contributed by atoms with Gasteiger partial charge in [0.05, 0.1) is 5.92 Å². The first kappa shape index (κ1) is 15.9. The predicted octanol–water partition coefficient (Wildman–Crippen LogP) is 1.64. The average Bonchev–Trinajstić information content (AvgIpc) is 2.82. The van der Waals surface area contributed by atoms with E-state index in [0.717, 1.165) is 9.35 Å². The number of thiophene rings is 1. The van der Waals surface area contributed by atoms with Gasteiger partial charge >= 0.3 is 5.97 Å². The van der Waals surface area contributed by atoms with Gasteiger partial charge in [0, 0.05) is 34.4 Å². The molecule has 1 aliphatic heterocycles. The van der Waals surface area contributed by atoms with Crippen molar-refractivity contribution < 1.29 is 18.3 Å². The molecule has 112 valence electrons. The molecule has 2 rings (SSSR count). The maximum Gasteiger partial charge on any atom is 0.307 e. The summed E-state index contributed by atoms with van der Waals surface area (Å²) in [7, 11) is -3.63. The van der Waals surface area contributed by atoms with Crippen LogP contribution >= 0.6 is 27.3 Å². The van der Waals surface area contributed by atoms with Gasteiger partial charge in [-0.15, -0.1) is 11.3 Å². The fraction of sp³-hybridized carbons (Fsp3) is 0.545. The van der Waals surface area contributed by atoms with Crippen molar-refractivity contribution in [3.63, 3.8) is 0 Å². The summed E-state index contributed by atoms with van der Waals surface area (Å²) in [6, 6.07) is 1.85. The topological polar surface area (TPSA) is 86.7 Å². The summed E-state index contributed by atoms with van der Waals surface area (Å²) in [5.41, 5.74) is 0. The van der Waals surface area contributed by atoms with Gasteiger partial charge in [-0.3, -0.25) is 4.79 Å². The molecule has 0 saturated carbocycles. The second-order valence-corrected chi connectivity index (χ2v) is 8.26. The molecule has 9 heteroatoms. The van der Waals surface area contributed by atoms with Crippen LogP contribution in [0.4, 0.5) is 0 Å². The van der Waals surface area contributed by atoms with Crippen LogP contribution in [-0.4, -0.2) is 36.9 Å². The van der Waals surface area contributed by atoms with Gasteiger partial charge < -0.3 is 5.11 Å². The van der Waals surface area contributed by atoms with Crippen LogP contribution in [0.25, 0.3) is 0 Å². The number of hydrogen-bond acceptors (Lipinski definition) is 4. The Labute approximate surface area is 130 Å². The van der Waals surface area contributed by atoms with Crippen molar-refractivity contribution in [2.24, 2.45) is 5.92 Å². The highest BCUT2D eigenvalue weighted by atomic mass is 79.9. The molecule has 1 aromatic rings. The number of rotatable bonds is 5. The number of nitrogens with one attached hydrogen (secondary N) is 1. The highest BCUT2D eigenvalue weighted by Crippen LogP contribution is 2.21. The molecule has 0 bridgehead atoms. The van der Waals surface area contributed by atoms with E-state index in [2.05, 4.69) is 20.7 Å². The maximum atomic E-state index is 12.1. The molecule has 1 aliphatic rings. The molecule has 0 spiro atoms. The molecule has 1 atom stereocenters. The highest BCUT2D eigenvalue weighted by Gasteiger charge is 2.31. The molecule has 0 amide bonds. The summed E-state index contributed by atoms with van der Waals surface area (Å²) < 4.78 is 28.9. The van der Waals surface area contributed by atoms with Gasteiger partial charge in [-0.05, 0) is 34.8 Å². The zero-order valence-corrected chi connectivity index (χ0v) is 13.8. The zero-order valence-electron chi connectivity index (χ0n) is 10.6. The van der Waals surface area contributed by atoms with Crippen LogP contribution in [0.2, 0.25) is 0 Å². The quantitative estimate of drug-likeness (QED) is 0.810. The first-order chi connectivity index (χ1) is 9.38. The third kappa shape index (κ3) is 4.01. The molecule has 0 aromatic carbocycles. The summed E-state index contributed by atoms with van der Waals surface area (Å²) >= 11 is 4.77. The monoisotopic (exact) mass is 382 g/mol. The van der Waals surface area contributed by atoms with Crippen molar-refractivity contribution in [2.45, 2.75) is 19.4 Å². The van der Waals surface area contributed by atoms with Gasteiger partial charge in [0.15, 0.2) is 0 Å². The van der Waals surface area contributed by atoms with Gasteiger partial charge in [0.2, 0.25) is 0 Å². The Balaban J connectivity index is 1.97. The first-order valence-electron chi connectivity index (χ1n) is 6.09. The van der Waals surface area contributed by atoms with E-state index >= 15 is 0 Å². The minimum absolute atomic E-state index is 0.0405. The van der Waals surface area contributed by atoms with Gasteiger partial charge in [0.1, 0.15) is 0 Å². The normalized spacial score (nSPS) is 20.9. The summed E-state index contributed by atoms with van der Waals surface area (Å²) in [4.78, 5) is 11.9. The second-order valence-electron chi connectivity index (χ2n) is 4.59. The lowest BCUT2D eigenvalue weighted by molar-refractivity contribution is -0.142. The van der Waals surface area contributed by atoms with E-state index in [-0.39, 0.29) is 13.1 Å². The Morgan fingerprint density at radius 3 is 2.95 bits per heavy atom. The van der Waals surface area contributed by atoms with Crippen molar-refractivity contribution >= 4 is 43.4 Å². The van der Waals surface area contributed by atoms with Crippen molar-refractivity contribution in [2.75, 3.05) is 13.1 Å². The van der Waals surface area contributed by atoms with E-state index in [1.807, 2.05) is 11.4 Å². The van der Waals surface area contributed by atoms with Crippen LogP contribution in [-0.2, 0) is 21.5 Å². The summed E-state index contributed by atoms with van der Waals surface area (Å²) in [5, 5.41) is 10.9. The number of carboxylic acid groups (broad SMARTS) is 1. The number of nitrogens with zero attached hydrogens (tertiary/aromatic N) is 1. The number of piperidine rings is 1. The SMILES string of the molecule is O=C(O)C1CCCN(S(=O)(=O)NCc2cc(Br)cs2)C1. The first-order valence-corrected chi connectivity index (χ1v) is 9.20. The molecule has 2 heterocycles. The number of aliphatic carboxylic acids is 1. The van der Waals surface area contributed by atoms with E-state index in [9.17, 15) is 13.2 Å². The fourth-order valence-electron chi connectivity index (χ4n) is 2.06. The molecule has 1 saturated heterocycles. The highest BCUT2D eigenvalue weighted by molar-refractivity contribution is 9.10. The lowest BCUT2D eigenvalue weighted by Crippen LogP contribution is -2.47. The zero-order chi connectivity index (χ0) is 14.8. The maximum absolute atomic E-state index is 12.1. The van der Waals surface area contributed by atoms with Crippen molar-refractivity contribution in [3.8, 4) is 0 Å². The number of hydrogen-bond donors (Lipinski definition) is 2. The van der Waals surface area contributed by atoms with Crippen LogP contribution in [0.5, 0.6) is 0 Å². The standard InChI is InChI=1S/C11H15BrN2O4S2/c12-9-4-10(19-7-9)5-13-20(17,18)14-3-1-2-8(6-14)11(15)16/h4,7-8,13H,1-3,5-6H2,(H,15,16). The molecule has 20 heavy (non-hydrogen) atoms. The Bertz CT molecular complexity index is 587. The Morgan fingerprint density at radius 2 is 2.35 bits per heavy atom. The minimum Gasteiger partial charge on any atom is -0.481 e. The number of halogens is 1. The van der Waals surface area contributed by atoms with Gasteiger partial charge in [-0.25, -0.2) is 0 Å². The van der Waals surface area contributed by atoms with Crippen LogP contribution < -0.4 is 4.72 Å². The smallest absolute Gasteiger partial charge is 0.307 e. The van der Waals surface area contributed by atoms with Gasteiger partial charge in [0.25, 0.3) is 10.2 Å². The molecule has 1 fully saturated rings. The van der Waals surface area contributed by atoms with Crippen molar-refractivity contribution in [1.82, 2.24) is 9.03 Å². The molecule has 1 aromatic heterocycles. The fourth-order valence-corrected chi connectivity index (χ4v) is 4.81. The van der Waals surface area contributed by atoms with Crippen LogP contribution in [0.1, 0.15) is 17.7 Å². The van der Waals surface area contributed by atoms with Crippen molar-refractivity contribution in [1.29, 1.82) is 0 Å². The molecule has 1 unspecified atom stereocenters. The lowest BCUT2D eigenvalue weighted by atomic mass is 10.0. The van der Waals surface area contributed by atoms with E-state index in [1.165, 1.54) is 15.6 Å². The number of carbonyl (C=O) groups is 1. The van der Waals surface area contributed by atoms with Crippen LogP contribution in [0.3, 0.4) is 0 Å². The summed E-state index contributed by atoms with van der Waals surface area (Å²) in [6.45, 7) is 0.624. The van der Waals surface area contributed by atoms with E-state index < -0.39 is 22.1 Å². The Kier molecular flexibility index (Phi) is 5.19. The van der Waals surface area contributed by atoms with Crippen LogP contribution in [0, 0.1) is 5.92 Å². The van der Waals surface area contributed by atoms with Gasteiger partial charge in [-0.1, -0.05) is 0 Å². The van der Waals surface area contributed by atoms with Crippen molar-refractivity contribution in [3.05, 3.63) is 20.8 Å². The van der Waals surface area contributed by atoms with E-state index in [4.69, 9.17) is 5.11 Å². The van der Waals surface area contributed by atoms with E-state index in [1.54, 1.807) is 0 Å². The molecule has 6 nitrogen and oxygen atoms in total. The molecule has 0 aliphatic carbocycles. The minimum atomic E-state index is -3.63.